The van der Waals surface area contributed by atoms with Gasteiger partial charge in [0, 0.05) is 11.8 Å². The van der Waals surface area contributed by atoms with Crippen molar-refractivity contribution in [2.45, 2.75) is 32.1 Å². The molecular weight excluding hydrogens is 290 g/mol. The van der Waals surface area contributed by atoms with E-state index in [1.807, 2.05) is 6.07 Å². The van der Waals surface area contributed by atoms with E-state index >= 15 is 0 Å². The van der Waals surface area contributed by atoms with Crippen LogP contribution in [0.5, 0.6) is 11.5 Å². The highest BCUT2D eigenvalue weighted by Crippen LogP contribution is 2.28. The third-order valence-corrected chi connectivity index (χ3v) is 4.24. The van der Waals surface area contributed by atoms with Crippen LogP contribution in [0.4, 0.5) is 5.69 Å². The van der Waals surface area contributed by atoms with Crippen LogP contribution in [0.15, 0.2) is 36.4 Å². The van der Waals surface area contributed by atoms with Crippen molar-refractivity contribution in [3.05, 3.63) is 53.1 Å². The van der Waals surface area contributed by atoms with Crippen molar-refractivity contribution in [2.24, 2.45) is 0 Å². The normalized spacial score (nSPS) is 13.3. The second kappa shape index (κ2) is 6.73. The van der Waals surface area contributed by atoms with Gasteiger partial charge in [-0.1, -0.05) is 18.2 Å². The van der Waals surface area contributed by atoms with Crippen molar-refractivity contribution in [3.8, 4) is 11.5 Å². The first-order valence-corrected chi connectivity index (χ1v) is 7.93. The molecule has 0 bridgehead atoms. The fourth-order valence-corrected chi connectivity index (χ4v) is 3.06. The number of aromatic hydroxyl groups is 1. The zero-order valence-electron chi connectivity index (χ0n) is 13.3. The predicted molar refractivity (Wildman–Crippen MR) is 90.1 cm³/mol. The molecule has 1 amide bonds. The van der Waals surface area contributed by atoms with E-state index in [-0.39, 0.29) is 11.7 Å². The zero-order valence-corrected chi connectivity index (χ0v) is 13.3. The Kier molecular flexibility index (Phi) is 4.51. The number of hydrogen-bond donors (Lipinski definition) is 2. The summed E-state index contributed by atoms with van der Waals surface area (Å²) in [7, 11) is 1.49. The van der Waals surface area contributed by atoms with Gasteiger partial charge in [-0.05, 0) is 54.5 Å². The van der Waals surface area contributed by atoms with Gasteiger partial charge in [-0.15, -0.1) is 0 Å². The number of rotatable bonds is 4. The molecule has 120 valence electrons. The Balaban J connectivity index is 1.66. The van der Waals surface area contributed by atoms with E-state index in [0.29, 0.717) is 17.9 Å². The van der Waals surface area contributed by atoms with Gasteiger partial charge >= 0.3 is 0 Å². The Morgan fingerprint density at radius 1 is 1.13 bits per heavy atom. The van der Waals surface area contributed by atoms with E-state index in [4.69, 9.17) is 4.74 Å². The molecule has 4 heteroatoms. The number of phenolic OH excluding ortho intramolecular Hbond substituents is 1. The first-order chi connectivity index (χ1) is 11.2. The molecule has 0 saturated heterocycles. The summed E-state index contributed by atoms with van der Waals surface area (Å²) < 4.78 is 4.99. The molecule has 2 N–H and O–H groups in total. The molecule has 1 aliphatic rings. The summed E-state index contributed by atoms with van der Waals surface area (Å²) in [4.78, 5) is 12.2. The minimum absolute atomic E-state index is 0.0130. The molecule has 0 atom stereocenters. The highest BCUT2D eigenvalue weighted by Gasteiger charge is 2.12. The maximum Gasteiger partial charge on any atom is 0.228 e. The maximum absolute atomic E-state index is 12.2. The van der Waals surface area contributed by atoms with Crippen LogP contribution in [-0.4, -0.2) is 18.1 Å². The number of carbonyl (C=O) groups is 1. The number of nitrogens with one attached hydrogen (secondary N) is 1. The van der Waals surface area contributed by atoms with Crippen LogP contribution in [0.2, 0.25) is 0 Å². The van der Waals surface area contributed by atoms with Crippen LogP contribution in [-0.2, 0) is 24.1 Å². The largest absolute Gasteiger partial charge is 0.504 e. The molecule has 0 aromatic heterocycles. The number of aryl methyl sites for hydroxylation is 2. The van der Waals surface area contributed by atoms with Crippen LogP contribution < -0.4 is 10.1 Å². The van der Waals surface area contributed by atoms with Gasteiger partial charge in [-0.2, -0.15) is 0 Å². The standard InChI is InChI=1S/C19H21NO3/c1-23-18-9-8-16(12-17(18)21)20-19(22)11-13-6-7-14-4-2-3-5-15(14)10-13/h6-10,12,21H,2-5,11H2,1H3,(H,20,22). The van der Waals surface area contributed by atoms with E-state index in [2.05, 4.69) is 17.4 Å². The number of methoxy groups -OCH3 is 1. The Labute approximate surface area is 136 Å². The fraction of sp³-hybridized carbons (Fsp3) is 0.316. The monoisotopic (exact) mass is 311 g/mol. The Hall–Kier alpha value is -2.49. The van der Waals surface area contributed by atoms with Gasteiger partial charge in [-0.3, -0.25) is 4.79 Å². The average Bonchev–Trinajstić information content (AvgIpc) is 2.55. The Bertz CT molecular complexity index is 725. The SMILES string of the molecule is COc1ccc(NC(=O)Cc2ccc3c(c2)CCCC3)cc1O. The van der Waals surface area contributed by atoms with E-state index in [0.717, 1.165) is 18.4 Å². The molecule has 0 unspecified atom stereocenters. The number of amides is 1. The first-order valence-electron chi connectivity index (χ1n) is 7.93. The number of fused-ring (bicyclic) bond motifs is 1. The second-order valence-corrected chi connectivity index (χ2v) is 5.92. The summed E-state index contributed by atoms with van der Waals surface area (Å²) in [5, 5.41) is 12.6. The third kappa shape index (κ3) is 3.65. The number of hydrogen-bond acceptors (Lipinski definition) is 3. The lowest BCUT2D eigenvalue weighted by Crippen LogP contribution is -2.15. The molecule has 3 rings (SSSR count). The van der Waals surface area contributed by atoms with Crippen LogP contribution in [0.3, 0.4) is 0 Å². The van der Waals surface area contributed by atoms with E-state index in [1.54, 1.807) is 12.1 Å². The van der Waals surface area contributed by atoms with Gasteiger partial charge in [-0.25, -0.2) is 0 Å². The topological polar surface area (TPSA) is 58.6 Å². The average molecular weight is 311 g/mol. The molecule has 0 radical (unpaired) electrons. The van der Waals surface area contributed by atoms with E-state index < -0.39 is 0 Å². The molecule has 0 spiro atoms. The van der Waals surface area contributed by atoms with Crippen molar-refractivity contribution >= 4 is 11.6 Å². The Morgan fingerprint density at radius 3 is 2.65 bits per heavy atom. The minimum Gasteiger partial charge on any atom is -0.504 e. The molecule has 0 fully saturated rings. The van der Waals surface area contributed by atoms with Crippen molar-refractivity contribution in [2.75, 3.05) is 12.4 Å². The first kappa shape index (κ1) is 15.4. The molecule has 0 aliphatic heterocycles. The summed E-state index contributed by atoms with van der Waals surface area (Å²) in [6.45, 7) is 0. The number of benzene rings is 2. The Morgan fingerprint density at radius 2 is 1.91 bits per heavy atom. The van der Waals surface area contributed by atoms with Gasteiger partial charge in [0.1, 0.15) is 0 Å². The molecule has 4 nitrogen and oxygen atoms in total. The lowest BCUT2D eigenvalue weighted by molar-refractivity contribution is -0.115. The molecule has 1 aliphatic carbocycles. The number of phenols is 1. The fourth-order valence-electron chi connectivity index (χ4n) is 3.06. The van der Waals surface area contributed by atoms with Crippen LogP contribution >= 0.6 is 0 Å². The van der Waals surface area contributed by atoms with Crippen molar-refractivity contribution in [1.29, 1.82) is 0 Å². The lowest BCUT2D eigenvalue weighted by Gasteiger charge is -2.16. The zero-order chi connectivity index (χ0) is 16.2. The quantitative estimate of drug-likeness (QED) is 0.909. The van der Waals surface area contributed by atoms with Crippen molar-refractivity contribution in [3.63, 3.8) is 0 Å². The molecular formula is C19H21NO3. The van der Waals surface area contributed by atoms with Crippen LogP contribution in [0.25, 0.3) is 0 Å². The summed E-state index contributed by atoms with van der Waals surface area (Å²) in [5.74, 6) is 0.307. The predicted octanol–water partition coefficient (Wildman–Crippen LogP) is 3.46. The highest BCUT2D eigenvalue weighted by molar-refractivity contribution is 5.92. The van der Waals surface area contributed by atoms with Gasteiger partial charge in [0.25, 0.3) is 0 Å². The van der Waals surface area contributed by atoms with Crippen LogP contribution in [0, 0.1) is 0 Å². The number of ether oxygens (including phenoxy) is 1. The molecule has 2 aromatic carbocycles. The van der Waals surface area contributed by atoms with Gasteiger partial charge in [0.2, 0.25) is 5.91 Å². The second-order valence-electron chi connectivity index (χ2n) is 5.92. The van der Waals surface area contributed by atoms with Crippen molar-refractivity contribution < 1.29 is 14.6 Å². The summed E-state index contributed by atoms with van der Waals surface area (Å²) >= 11 is 0. The van der Waals surface area contributed by atoms with Gasteiger partial charge < -0.3 is 15.2 Å². The molecule has 0 saturated carbocycles. The lowest BCUT2D eigenvalue weighted by atomic mass is 9.90. The summed E-state index contributed by atoms with van der Waals surface area (Å²) in [6.07, 6.45) is 5.08. The molecule has 23 heavy (non-hydrogen) atoms. The van der Waals surface area contributed by atoms with Gasteiger partial charge in [0.15, 0.2) is 11.5 Å². The third-order valence-electron chi connectivity index (χ3n) is 4.24. The highest BCUT2D eigenvalue weighted by atomic mass is 16.5. The number of carbonyl (C=O) groups excluding carboxylic acids is 1. The van der Waals surface area contributed by atoms with E-state index in [1.165, 1.54) is 37.1 Å². The van der Waals surface area contributed by atoms with E-state index in [9.17, 15) is 9.90 Å². The van der Waals surface area contributed by atoms with Gasteiger partial charge in [0.05, 0.1) is 13.5 Å². The molecule has 2 aromatic rings. The van der Waals surface area contributed by atoms with Crippen molar-refractivity contribution in [1.82, 2.24) is 0 Å². The summed E-state index contributed by atoms with van der Waals surface area (Å²) in [6, 6.07) is 11.2. The molecule has 0 heterocycles. The summed E-state index contributed by atoms with van der Waals surface area (Å²) in [5.41, 5.74) is 4.39. The van der Waals surface area contributed by atoms with Crippen LogP contribution in [0.1, 0.15) is 29.5 Å². The number of anilines is 1. The maximum atomic E-state index is 12.2. The minimum atomic E-state index is -0.0923. The smallest absolute Gasteiger partial charge is 0.228 e.